The second kappa shape index (κ2) is 7.01. The summed E-state index contributed by atoms with van der Waals surface area (Å²) in [5.74, 6) is 0.697. The van der Waals surface area contributed by atoms with Gasteiger partial charge in [0.2, 0.25) is 5.91 Å². The van der Waals surface area contributed by atoms with E-state index in [4.69, 9.17) is 10.5 Å². The minimum Gasteiger partial charge on any atom is -0.494 e. The molecule has 1 aromatic rings. The van der Waals surface area contributed by atoms with Gasteiger partial charge in [0.15, 0.2) is 0 Å². The van der Waals surface area contributed by atoms with Crippen LogP contribution in [0.4, 0.5) is 0 Å². The van der Waals surface area contributed by atoms with E-state index in [1.807, 2.05) is 45.0 Å². The Hall–Kier alpha value is -1.55. The van der Waals surface area contributed by atoms with Crippen LogP contribution in [0.3, 0.4) is 0 Å². The Bertz CT molecular complexity index is 393. The summed E-state index contributed by atoms with van der Waals surface area (Å²) in [5, 5.41) is 2.90. The van der Waals surface area contributed by atoms with Gasteiger partial charge in [-0.15, -0.1) is 0 Å². The number of benzene rings is 1. The van der Waals surface area contributed by atoms with Crippen molar-refractivity contribution in [3.05, 3.63) is 29.8 Å². The number of carbonyl (C=O) groups excluding carboxylic acids is 1. The number of rotatable bonds is 6. The van der Waals surface area contributed by atoms with Crippen LogP contribution in [0.1, 0.15) is 38.8 Å². The molecule has 18 heavy (non-hydrogen) atoms. The van der Waals surface area contributed by atoms with E-state index in [1.165, 1.54) is 0 Å². The fourth-order valence-corrected chi connectivity index (χ4v) is 1.63. The molecule has 4 nitrogen and oxygen atoms in total. The van der Waals surface area contributed by atoms with Crippen molar-refractivity contribution < 1.29 is 9.53 Å². The van der Waals surface area contributed by atoms with E-state index in [2.05, 4.69) is 5.32 Å². The normalized spacial score (nSPS) is 13.8. The average molecular weight is 250 g/mol. The molecule has 0 aromatic heterocycles. The Balaban J connectivity index is 2.68. The summed E-state index contributed by atoms with van der Waals surface area (Å²) in [7, 11) is 0. The lowest BCUT2D eigenvalue weighted by Crippen LogP contribution is -2.41. The van der Waals surface area contributed by atoms with Crippen LogP contribution in [-0.2, 0) is 4.79 Å². The van der Waals surface area contributed by atoms with Crippen LogP contribution in [0.5, 0.6) is 5.75 Å². The summed E-state index contributed by atoms with van der Waals surface area (Å²) >= 11 is 0. The van der Waals surface area contributed by atoms with Gasteiger partial charge >= 0.3 is 0 Å². The Morgan fingerprint density at radius 1 is 1.44 bits per heavy atom. The molecule has 0 spiro atoms. The minimum atomic E-state index is -0.442. The fraction of sp³-hybridized carbons (Fsp3) is 0.500. The quantitative estimate of drug-likeness (QED) is 0.811. The molecule has 100 valence electrons. The Labute approximate surface area is 109 Å². The fourth-order valence-electron chi connectivity index (χ4n) is 1.63. The monoisotopic (exact) mass is 250 g/mol. The molecular formula is C14H22N2O2. The topological polar surface area (TPSA) is 64.3 Å². The summed E-state index contributed by atoms with van der Waals surface area (Å²) in [6.45, 7) is 6.40. The van der Waals surface area contributed by atoms with Gasteiger partial charge in [0.25, 0.3) is 0 Å². The Kier molecular flexibility index (Phi) is 5.65. The summed E-state index contributed by atoms with van der Waals surface area (Å²) in [6, 6.07) is 7.21. The van der Waals surface area contributed by atoms with Crippen LogP contribution in [0.25, 0.3) is 0 Å². The van der Waals surface area contributed by atoms with Crippen molar-refractivity contribution in [3.8, 4) is 5.75 Å². The molecule has 0 saturated carbocycles. The van der Waals surface area contributed by atoms with Gasteiger partial charge in [0.1, 0.15) is 5.75 Å². The van der Waals surface area contributed by atoms with E-state index < -0.39 is 6.04 Å². The van der Waals surface area contributed by atoms with Crippen molar-refractivity contribution in [1.82, 2.24) is 5.32 Å². The molecule has 0 unspecified atom stereocenters. The zero-order chi connectivity index (χ0) is 13.5. The second-order valence-electron chi connectivity index (χ2n) is 4.25. The Morgan fingerprint density at radius 2 is 2.17 bits per heavy atom. The number of carbonyl (C=O) groups is 1. The largest absolute Gasteiger partial charge is 0.494 e. The number of hydrogen-bond donors (Lipinski definition) is 2. The lowest BCUT2D eigenvalue weighted by Gasteiger charge is -2.17. The van der Waals surface area contributed by atoms with Crippen molar-refractivity contribution in [1.29, 1.82) is 0 Å². The first-order chi connectivity index (χ1) is 8.58. The van der Waals surface area contributed by atoms with E-state index >= 15 is 0 Å². The number of amides is 1. The third kappa shape index (κ3) is 4.04. The number of nitrogens with one attached hydrogen (secondary N) is 1. The molecule has 0 aliphatic heterocycles. The van der Waals surface area contributed by atoms with Crippen molar-refractivity contribution in [2.24, 2.45) is 5.73 Å². The second-order valence-corrected chi connectivity index (χ2v) is 4.25. The van der Waals surface area contributed by atoms with E-state index in [9.17, 15) is 4.79 Å². The maximum atomic E-state index is 11.7. The van der Waals surface area contributed by atoms with E-state index in [-0.39, 0.29) is 11.9 Å². The molecular weight excluding hydrogens is 228 g/mol. The van der Waals surface area contributed by atoms with Crippen molar-refractivity contribution in [2.45, 2.75) is 39.3 Å². The van der Waals surface area contributed by atoms with E-state index in [1.54, 1.807) is 0 Å². The first-order valence-electron chi connectivity index (χ1n) is 6.37. The first-order valence-corrected chi connectivity index (χ1v) is 6.37. The van der Waals surface area contributed by atoms with Crippen LogP contribution in [0.15, 0.2) is 24.3 Å². The Morgan fingerprint density at radius 3 is 2.78 bits per heavy atom. The molecule has 0 aliphatic carbocycles. The lowest BCUT2D eigenvalue weighted by molar-refractivity contribution is -0.123. The number of nitrogens with two attached hydrogens (primary N) is 1. The lowest BCUT2D eigenvalue weighted by atomic mass is 10.1. The highest BCUT2D eigenvalue weighted by molar-refractivity contribution is 5.81. The predicted octanol–water partition coefficient (Wildman–Crippen LogP) is 2.00. The predicted molar refractivity (Wildman–Crippen MR) is 72.4 cm³/mol. The molecule has 0 aliphatic rings. The van der Waals surface area contributed by atoms with Crippen molar-refractivity contribution >= 4 is 5.91 Å². The smallest absolute Gasteiger partial charge is 0.237 e. The van der Waals surface area contributed by atoms with Gasteiger partial charge in [-0.3, -0.25) is 4.79 Å². The molecule has 0 heterocycles. The molecule has 0 fully saturated rings. The molecule has 1 aromatic carbocycles. The number of hydrogen-bond acceptors (Lipinski definition) is 3. The average Bonchev–Trinajstić information content (AvgIpc) is 2.38. The van der Waals surface area contributed by atoms with Gasteiger partial charge in [-0.1, -0.05) is 19.1 Å². The van der Waals surface area contributed by atoms with Crippen LogP contribution in [-0.4, -0.2) is 18.6 Å². The third-order valence-electron chi connectivity index (χ3n) is 2.80. The SMILES string of the molecule is CCOc1cccc([C@@H](C)NC(=O)[C@H](N)CC)c1. The molecule has 3 N–H and O–H groups in total. The highest BCUT2D eigenvalue weighted by Gasteiger charge is 2.15. The van der Waals surface area contributed by atoms with Crippen LogP contribution in [0, 0.1) is 0 Å². The maximum absolute atomic E-state index is 11.7. The standard InChI is InChI=1S/C14H22N2O2/c1-4-13(15)14(17)16-10(3)11-7-6-8-12(9-11)18-5-2/h6-10,13H,4-5,15H2,1-3H3,(H,16,17)/t10-,13-/m1/s1. The summed E-state index contributed by atoms with van der Waals surface area (Å²) in [4.78, 5) is 11.7. The van der Waals surface area contributed by atoms with Gasteiger partial charge in [-0.05, 0) is 38.0 Å². The van der Waals surface area contributed by atoms with Crippen LogP contribution < -0.4 is 15.8 Å². The van der Waals surface area contributed by atoms with Gasteiger partial charge in [0, 0.05) is 0 Å². The zero-order valence-electron chi connectivity index (χ0n) is 11.3. The van der Waals surface area contributed by atoms with Crippen LogP contribution in [0.2, 0.25) is 0 Å². The molecule has 0 saturated heterocycles. The highest BCUT2D eigenvalue weighted by atomic mass is 16.5. The van der Waals surface area contributed by atoms with Crippen LogP contribution >= 0.6 is 0 Å². The molecule has 1 rings (SSSR count). The first kappa shape index (κ1) is 14.5. The van der Waals surface area contributed by atoms with E-state index in [0.29, 0.717) is 13.0 Å². The molecule has 1 amide bonds. The zero-order valence-corrected chi connectivity index (χ0v) is 11.3. The minimum absolute atomic E-state index is 0.0736. The molecule has 0 bridgehead atoms. The van der Waals surface area contributed by atoms with Gasteiger partial charge in [-0.2, -0.15) is 0 Å². The highest BCUT2D eigenvalue weighted by Crippen LogP contribution is 2.19. The third-order valence-corrected chi connectivity index (χ3v) is 2.80. The van der Waals surface area contributed by atoms with Gasteiger partial charge in [-0.25, -0.2) is 0 Å². The maximum Gasteiger partial charge on any atom is 0.237 e. The van der Waals surface area contributed by atoms with Crippen molar-refractivity contribution in [3.63, 3.8) is 0 Å². The van der Waals surface area contributed by atoms with E-state index in [0.717, 1.165) is 11.3 Å². The summed E-state index contributed by atoms with van der Waals surface area (Å²) < 4.78 is 5.43. The summed E-state index contributed by atoms with van der Waals surface area (Å²) in [6.07, 6.45) is 0.636. The molecule has 4 heteroatoms. The van der Waals surface area contributed by atoms with Gasteiger partial charge < -0.3 is 15.8 Å². The number of ether oxygens (including phenoxy) is 1. The van der Waals surface area contributed by atoms with Gasteiger partial charge in [0.05, 0.1) is 18.7 Å². The molecule has 2 atom stereocenters. The molecule has 0 radical (unpaired) electrons. The van der Waals surface area contributed by atoms with Crippen molar-refractivity contribution in [2.75, 3.05) is 6.61 Å². The summed E-state index contributed by atoms with van der Waals surface area (Å²) in [5.41, 5.74) is 6.70.